The van der Waals surface area contributed by atoms with E-state index in [9.17, 15) is 13.2 Å². The zero-order chi connectivity index (χ0) is 18.0. The molecule has 7 heteroatoms. The predicted molar refractivity (Wildman–Crippen MR) is 100.0 cm³/mol. The molecule has 1 amide bonds. The number of nitrogens with one attached hydrogen (secondary N) is 1. The summed E-state index contributed by atoms with van der Waals surface area (Å²) in [6, 6.07) is 8.46. The summed E-state index contributed by atoms with van der Waals surface area (Å²) >= 11 is 1.57. The first-order valence-electron chi connectivity index (χ1n) is 8.32. The molecule has 0 unspecified atom stereocenters. The minimum absolute atomic E-state index is 0.0882. The van der Waals surface area contributed by atoms with E-state index in [1.54, 1.807) is 39.9 Å². The first-order chi connectivity index (χ1) is 11.9. The number of nitrogens with zero attached hydrogens (tertiary/aromatic N) is 1. The van der Waals surface area contributed by atoms with Gasteiger partial charge in [-0.1, -0.05) is 13.8 Å². The molecular weight excluding hydrogens is 356 g/mol. The lowest BCUT2D eigenvalue weighted by Gasteiger charge is -2.21. The second-order valence-corrected chi connectivity index (χ2v) is 9.25. The Morgan fingerprint density at radius 1 is 1.24 bits per heavy atom. The number of thiophene rings is 1. The number of benzene rings is 1. The van der Waals surface area contributed by atoms with Gasteiger partial charge in [0.05, 0.1) is 4.90 Å². The van der Waals surface area contributed by atoms with Gasteiger partial charge in [-0.05, 0) is 59.5 Å². The van der Waals surface area contributed by atoms with Crippen molar-refractivity contribution in [3.8, 4) is 0 Å². The maximum absolute atomic E-state index is 13.0. The summed E-state index contributed by atoms with van der Waals surface area (Å²) < 4.78 is 27.6. The molecule has 1 aliphatic rings. The Morgan fingerprint density at radius 3 is 2.44 bits per heavy atom. The molecular formula is C18H22N2O3S2. The number of hydrogen-bond acceptors (Lipinski definition) is 4. The van der Waals surface area contributed by atoms with Crippen molar-refractivity contribution in [3.63, 3.8) is 0 Å². The molecule has 1 saturated carbocycles. The van der Waals surface area contributed by atoms with Crippen LogP contribution in [0.4, 0.5) is 5.69 Å². The number of hydrogen-bond donors (Lipinski definition) is 1. The van der Waals surface area contributed by atoms with Gasteiger partial charge in [-0.25, -0.2) is 8.42 Å². The van der Waals surface area contributed by atoms with Crippen LogP contribution in [0.2, 0.25) is 0 Å². The number of carbonyl (C=O) groups excluding carboxylic acids is 1. The van der Waals surface area contributed by atoms with Gasteiger partial charge < -0.3 is 5.32 Å². The summed E-state index contributed by atoms with van der Waals surface area (Å²) in [4.78, 5) is 12.0. The van der Waals surface area contributed by atoms with Gasteiger partial charge in [-0.15, -0.1) is 0 Å². The molecule has 0 saturated heterocycles. The highest BCUT2D eigenvalue weighted by Gasteiger charge is 2.38. The van der Waals surface area contributed by atoms with Crippen molar-refractivity contribution in [1.82, 2.24) is 4.31 Å². The van der Waals surface area contributed by atoms with Crippen molar-refractivity contribution in [2.75, 3.05) is 5.32 Å². The van der Waals surface area contributed by atoms with Gasteiger partial charge in [0.25, 0.3) is 0 Å². The molecule has 1 fully saturated rings. The molecule has 1 aromatic carbocycles. The van der Waals surface area contributed by atoms with Crippen molar-refractivity contribution in [3.05, 3.63) is 46.7 Å². The lowest BCUT2D eigenvalue weighted by atomic mass is 10.2. The van der Waals surface area contributed by atoms with Crippen LogP contribution in [0.1, 0.15) is 32.3 Å². The third-order valence-corrected chi connectivity index (χ3v) is 6.77. The van der Waals surface area contributed by atoms with Crippen molar-refractivity contribution < 1.29 is 13.2 Å². The number of amides is 1. The lowest BCUT2D eigenvalue weighted by molar-refractivity contribution is -0.118. The summed E-state index contributed by atoms with van der Waals surface area (Å²) in [5, 5.41) is 6.71. The highest BCUT2D eigenvalue weighted by Crippen LogP contribution is 2.34. The summed E-state index contributed by atoms with van der Waals surface area (Å²) in [7, 11) is -3.55. The average Bonchev–Trinajstić information content (AvgIpc) is 3.28. The summed E-state index contributed by atoms with van der Waals surface area (Å²) in [6.07, 6.45) is 1.82. The molecule has 134 valence electrons. The van der Waals surface area contributed by atoms with Gasteiger partial charge >= 0.3 is 0 Å². The van der Waals surface area contributed by atoms with E-state index >= 15 is 0 Å². The van der Waals surface area contributed by atoms with E-state index < -0.39 is 10.0 Å². The molecule has 0 radical (unpaired) electrons. The average molecular weight is 379 g/mol. The largest absolute Gasteiger partial charge is 0.326 e. The highest BCUT2D eigenvalue weighted by molar-refractivity contribution is 7.89. The normalized spacial score (nSPS) is 14.9. The predicted octanol–water partition coefficient (Wildman–Crippen LogP) is 3.70. The quantitative estimate of drug-likeness (QED) is 0.799. The molecule has 1 aliphatic carbocycles. The van der Waals surface area contributed by atoms with Gasteiger partial charge in [0.2, 0.25) is 15.9 Å². The third kappa shape index (κ3) is 4.29. The molecule has 2 aromatic rings. The van der Waals surface area contributed by atoms with Crippen molar-refractivity contribution in [2.45, 2.75) is 44.2 Å². The van der Waals surface area contributed by atoms with Crippen LogP contribution in [-0.4, -0.2) is 24.7 Å². The van der Waals surface area contributed by atoms with Crippen LogP contribution in [0.25, 0.3) is 0 Å². The summed E-state index contributed by atoms with van der Waals surface area (Å²) in [6.45, 7) is 4.03. The monoisotopic (exact) mass is 378 g/mol. The fraction of sp³-hybridized carbons (Fsp3) is 0.389. The minimum Gasteiger partial charge on any atom is -0.326 e. The zero-order valence-corrected chi connectivity index (χ0v) is 15.9. The maximum Gasteiger partial charge on any atom is 0.243 e. The van der Waals surface area contributed by atoms with E-state index in [4.69, 9.17) is 0 Å². The Kier molecular flexibility index (Phi) is 5.27. The second kappa shape index (κ2) is 7.27. The maximum atomic E-state index is 13.0. The van der Waals surface area contributed by atoms with Crippen LogP contribution in [-0.2, 0) is 21.4 Å². The number of sulfonamides is 1. The minimum atomic E-state index is -3.55. The van der Waals surface area contributed by atoms with E-state index in [2.05, 4.69) is 5.32 Å². The van der Waals surface area contributed by atoms with Gasteiger partial charge in [0.1, 0.15) is 0 Å². The van der Waals surface area contributed by atoms with Gasteiger partial charge in [-0.2, -0.15) is 15.6 Å². The van der Waals surface area contributed by atoms with E-state index in [1.807, 2.05) is 30.7 Å². The molecule has 1 N–H and O–H groups in total. The van der Waals surface area contributed by atoms with E-state index in [1.165, 1.54) is 0 Å². The van der Waals surface area contributed by atoms with Crippen LogP contribution in [0, 0.1) is 5.92 Å². The fourth-order valence-electron chi connectivity index (χ4n) is 2.47. The smallest absolute Gasteiger partial charge is 0.243 e. The van der Waals surface area contributed by atoms with Crippen LogP contribution in [0.15, 0.2) is 46.0 Å². The van der Waals surface area contributed by atoms with Gasteiger partial charge in [-0.3, -0.25) is 4.79 Å². The Balaban J connectivity index is 1.79. The molecule has 0 spiro atoms. The van der Waals surface area contributed by atoms with Crippen LogP contribution in [0.5, 0.6) is 0 Å². The first-order valence-corrected chi connectivity index (χ1v) is 10.7. The Hall–Kier alpha value is -1.70. The Morgan fingerprint density at radius 2 is 1.92 bits per heavy atom. The van der Waals surface area contributed by atoms with Crippen LogP contribution < -0.4 is 5.32 Å². The highest BCUT2D eigenvalue weighted by atomic mass is 32.2. The molecule has 1 aromatic heterocycles. The van der Waals surface area contributed by atoms with E-state index in [0.717, 1.165) is 18.4 Å². The summed E-state index contributed by atoms with van der Waals surface area (Å²) in [5.41, 5.74) is 1.62. The van der Waals surface area contributed by atoms with Crippen LogP contribution in [0.3, 0.4) is 0 Å². The van der Waals surface area contributed by atoms with Crippen molar-refractivity contribution in [2.24, 2.45) is 5.92 Å². The second-order valence-electron chi connectivity index (χ2n) is 6.58. The topological polar surface area (TPSA) is 66.5 Å². The molecule has 3 rings (SSSR count). The standard InChI is InChI=1S/C18H22N2O3S2/c1-13(2)18(21)19-15-3-7-17(8-4-15)25(22,23)20(16-5-6-16)11-14-9-10-24-12-14/h3-4,7-10,12-13,16H,5-6,11H2,1-2H3,(H,19,21). The molecule has 0 aliphatic heterocycles. The zero-order valence-electron chi connectivity index (χ0n) is 14.3. The summed E-state index contributed by atoms with van der Waals surface area (Å²) in [5.74, 6) is -0.216. The Labute approximate surface area is 152 Å². The third-order valence-electron chi connectivity index (χ3n) is 4.13. The van der Waals surface area contributed by atoms with Gasteiger partial charge in [0, 0.05) is 24.2 Å². The van der Waals surface area contributed by atoms with E-state index in [0.29, 0.717) is 12.2 Å². The van der Waals surface area contributed by atoms with Crippen molar-refractivity contribution >= 4 is 33.0 Å². The molecule has 5 nitrogen and oxygen atoms in total. The first kappa shape index (κ1) is 18.1. The number of carbonyl (C=O) groups is 1. The SMILES string of the molecule is CC(C)C(=O)Nc1ccc(S(=O)(=O)N(Cc2ccsc2)C2CC2)cc1. The molecule has 1 heterocycles. The molecule has 25 heavy (non-hydrogen) atoms. The number of rotatable bonds is 7. The van der Waals surface area contributed by atoms with E-state index in [-0.39, 0.29) is 22.8 Å². The van der Waals surface area contributed by atoms with Crippen LogP contribution >= 0.6 is 11.3 Å². The fourth-order valence-corrected chi connectivity index (χ4v) is 4.80. The molecule has 0 bridgehead atoms. The Bertz CT molecular complexity index is 824. The lowest BCUT2D eigenvalue weighted by Crippen LogP contribution is -2.32. The van der Waals surface area contributed by atoms with Crippen molar-refractivity contribution in [1.29, 1.82) is 0 Å². The number of anilines is 1. The van der Waals surface area contributed by atoms with Gasteiger partial charge in [0.15, 0.2) is 0 Å². The molecule has 0 atom stereocenters.